The summed E-state index contributed by atoms with van der Waals surface area (Å²) < 4.78 is 0. The second kappa shape index (κ2) is 7.54. The van der Waals surface area contributed by atoms with Crippen LogP contribution in [-0.2, 0) is 4.79 Å². The molecule has 2 rings (SSSR count). The van der Waals surface area contributed by atoms with Crippen LogP contribution in [0.2, 0.25) is 0 Å². The minimum atomic E-state index is -0.727. The number of unbranched alkanes of at least 4 members (excludes halogenated alkanes) is 1. The van der Waals surface area contributed by atoms with E-state index in [2.05, 4.69) is 29.3 Å². The molecule has 1 aromatic rings. The molecule has 3 unspecified atom stereocenters. The largest absolute Gasteiger partial charge is 0.481 e. The van der Waals surface area contributed by atoms with E-state index in [1.165, 1.54) is 5.56 Å². The van der Waals surface area contributed by atoms with Gasteiger partial charge in [0.1, 0.15) is 0 Å². The van der Waals surface area contributed by atoms with Crippen LogP contribution in [0.15, 0.2) is 30.3 Å². The lowest BCUT2D eigenvalue weighted by molar-refractivity contribution is -0.137. The number of nitrogens with zero attached hydrogens (tertiary/aromatic N) is 1. The van der Waals surface area contributed by atoms with Gasteiger partial charge in [-0.05, 0) is 31.9 Å². The molecule has 0 spiro atoms. The Morgan fingerprint density at radius 3 is 2.76 bits per heavy atom. The molecule has 21 heavy (non-hydrogen) atoms. The third-order valence-corrected chi connectivity index (χ3v) is 4.10. The Kier molecular flexibility index (Phi) is 5.73. The Balaban J connectivity index is 1.91. The lowest BCUT2D eigenvalue weighted by atomic mass is 10.0. The summed E-state index contributed by atoms with van der Waals surface area (Å²) in [5, 5.41) is 12.2. The number of carboxylic acids is 1. The van der Waals surface area contributed by atoms with Gasteiger partial charge in [-0.15, -0.1) is 0 Å². The van der Waals surface area contributed by atoms with Crippen LogP contribution in [0.3, 0.4) is 0 Å². The smallest absolute Gasteiger partial charge is 0.303 e. The fourth-order valence-corrected chi connectivity index (χ4v) is 2.86. The first-order valence-electron chi connectivity index (χ1n) is 7.60. The molecule has 5 nitrogen and oxygen atoms in total. The van der Waals surface area contributed by atoms with Gasteiger partial charge in [0.2, 0.25) is 0 Å². The second-order valence-corrected chi connectivity index (χ2v) is 5.75. The number of aliphatic carboxylic acids is 1. The molecule has 0 amide bonds. The standard InChI is InChI=1S/C16H25N3O2/c1-12-16(17)19(10-6-5-9-15(20)21)11-14(18-12)13-7-3-2-4-8-13/h2-4,7-8,12,14,16,18H,5-6,9-11,17H2,1H3,(H,20,21). The number of hydrogen-bond donors (Lipinski definition) is 3. The first kappa shape index (κ1) is 15.9. The number of hydrogen-bond acceptors (Lipinski definition) is 4. The molecule has 0 aromatic heterocycles. The van der Waals surface area contributed by atoms with Crippen molar-refractivity contribution in [1.29, 1.82) is 0 Å². The van der Waals surface area contributed by atoms with E-state index in [0.29, 0.717) is 6.42 Å². The number of nitrogens with two attached hydrogens (primary N) is 1. The van der Waals surface area contributed by atoms with E-state index in [9.17, 15) is 4.79 Å². The monoisotopic (exact) mass is 291 g/mol. The Labute approximate surface area is 126 Å². The van der Waals surface area contributed by atoms with Crippen LogP contribution >= 0.6 is 0 Å². The van der Waals surface area contributed by atoms with Crippen molar-refractivity contribution >= 4 is 5.97 Å². The maximum atomic E-state index is 10.6. The van der Waals surface area contributed by atoms with Gasteiger partial charge in [-0.2, -0.15) is 0 Å². The van der Waals surface area contributed by atoms with Crippen LogP contribution in [0.1, 0.15) is 37.8 Å². The summed E-state index contributed by atoms with van der Waals surface area (Å²) in [5.41, 5.74) is 7.52. The van der Waals surface area contributed by atoms with Crippen molar-refractivity contribution in [2.24, 2.45) is 5.73 Å². The van der Waals surface area contributed by atoms with Crippen molar-refractivity contribution in [2.75, 3.05) is 13.1 Å². The summed E-state index contributed by atoms with van der Waals surface area (Å²) in [7, 11) is 0. The highest BCUT2D eigenvalue weighted by atomic mass is 16.4. The highest BCUT2D eigenvalue weighted by Gasteiger charge is 2.30. The van der Waals surface area contributed by atoms with Crippen LogP contribution in [-0.4, -0.2) is 41.3 Å². The van der Waals surface area contributed by atoms with Crippen molar-refractivity contribution < 1.29 is 9.90 Å². The zero-order valence-corrected chi connectivity index (χ0v) is 12.5. The fourth-order valence-electron chi connectivity index (χ4n) is 2.86. The van der Waals surface area contributed by atoms with Crippen molar-refractivity contribution in [2.45, 2.75) is 44.4 Å². The summed E-state index contributed by atoms with van der Waals surface area (Å²) in [6.45, 7) is 3.82. The zero-order valence-electron chi connectivity index (χ0n) is 12.5. The molecular formula is C16H25N3O2. The summed E-state index contributed by atoms with van der Waals surface area (Å²) in [6.07, 6.45) is 1.79. The third-order valence-electron chi connectivity index (χ3n) is 4.10. The molecular weight excluding hydrogens is 266 g/mol. The lowest BCUT2D eigenvalue weighted by Gasteiger charge is -2.43. The van der Waals surface area contributed by atoms with Crippen LogP contribution in [0.4, 0.5) is 0 Å². The molecule has 0 saturated carbocycles. The maximum absolute atomic E-state index is 10.6. The Morgan fingerprint density at radius 1 is 1.38 bits per heavy atom. The van der Waals surface area contributed by atoms with E-state index in [4.69, 9.17) is 10.8 Å². The number of carboxylic acid groups (broad SMARTS) is 1. The van der Waals surface area contributed by atoms with E-state index in [1.54, 1.807) is 0 Å². The van der Waals surface area contributed by atoms with Crippen molar-refractivity contribution in [1.82, 2.24) is 10.2 Å². The van der Waals surface area contributed by atoms with Crippen LogP contribution in [0.5, 0.6) is 0 Å². The topological polar surface area (TPSA) is 78.6 Å². The molecule has 1 aliphatic heterocycles. The average molecular weight is 291 g/mol. The summed E-state index contributed by atoms with van der Waals surface area (Å²) >= 11 is 0. The van der Waals surface area contributed by atoms with Gasteiger partial charge >= 0.3 is 5.97 Å². The van der Waals surface area contributed by atoms with E-state index in [-0.39, 0.29) is 24.7 Å². The quantitative estimate of drug-likeness (QED) is 0.693. The van der Waals surface area contributed by atoms with Crippen LogP contribution < -0.4 is 11.1 Å². The molecule has 1 aromatic carbocycles. The Bertz CT molecular complexity index is 452. The average Bonchev–Trinajstić information content (AvgIpc) is 2.48. The van der Waals surface area contributed by atoms with Crippen LogP contribution in [0.25, 0.3) is 0 Å². The number of carbonyl (C=O) groups is 1. The van der Waals surface area contributed by atoms with Crippen molar-refractivity contribution in [3.05, 3.63) is 35.9 Å². The molecule has 1 aliphatic rings. The molecule has 116 valence electrons. The molecule has 1 heterocycles. The summed E-state index contributed by atoms with van der Waals surface area (Å²) in [5.74, 6) is -0.727. The lowest BCUT2D eigenvalue weighted by Crippen LogP contribution is -2.61. The minimum absolute atomic E-state index is 0.0187. The second-order valence-electron chi connectivity index (χ2n) is 5.75. The van der Waals surface area contributed by atoms with E-state index in [1.807, 2.05) is 18.2 Å². The Morgan fingerprint density at radius 2 is 2.10 bits per heavy atom. The minimum Gasteiger partial charge on any atom is -0.481 e. The zero-order chi connectivity index (χ0) is 15.2. The number of rotatable bonds is 6. The SMILES string of the molecule is CC1NC(c2ccccc2)CN(CCCCC(=O)O)C1N. The van der Waals surface area contributed by atoms with Gasteiger partial charge in [-0.3, -0.25) is 9.69 Å². The number of nitrogens with one attached hydrogen (secondary N) is 1. The Hall–Kier alpha value is -1.43. The summed E-state index contributed by atoms with van der Waals surface area (Å²) in [4.78, 5) is 12.8. The predicted octanol–water partition coefficient (Wildman–Crippen LogP) is 1.56. The van der Waals surface area contributed by atoms with Gasteiger partial charge in [0, 0.05) is 25.0 Å². The molecule has 5 heteroatoms. The van der Waals surface area contributed by atoms with E-state index in [0.717, 1.165) is 19.5 Å². The predicted molar refractivity (Wildman–Crippen MR) is 82.8 cm³/mol. The van der Waals surface area contributed by atoms with Crippen molar-refractivity contribution in [3.63, 3.8) is 0 Å². The number of piperazine rings is 1. The van der Waals surface area contributed by atoms with E-state index < -0.39 is 5.97 Å². The highest BCUT2D eigenvalue weighted by molar-refractivity contribution is 5.66. The first-order chi connectivity index (χ1) is 10.1. The van der Waals surface area contributed by atoms with Gasteiger partial charge in [0.05, 0.1) is 6.17 Å². The highest BCUT2D eigenvalue weighted by Crippen LogP contribution is 2.21. The van der Waals surface area contributed by atoms with Gasteiger partial charge in [-0.1, -0.05) is 30.3 Å². The molecule has 4 N–H and O–H groups in total. The van der Waals surface area contributed by atoms with Gasteiger partial charge in [-0.25, -0.2) is 0 Å². The maximum Gasteiger partial charge on any atom is 0.303 e. The van der Waals surface area contributed by atoms with E-state index >= 15 is 0 Å². The van der Waals surface area contributed by atoms with Crippen molar-refractivity contribution in [3.8, 4) is 0 Å². The van der Waals surface area contributed by atoms with Crippen LogP contribution in [0, 0.1) is 0 Å². The molecule has 3 atom stereocenters. The first-order valence-corrected chi connectivity index (χ1v) is 7.60. The molecule has 0 aliphatic carbocycles. The third kappa shape index (κ3) is 4.52. The molecule has 0 bridgehead atoms. The number of benzene rings is 1. The molecule has 1 saturated heterocycles. The molecule has 0 radical (unpaired) electrons. The van der Waals surface area contributed by atoms with Gasteiger partial charge in [0.15, 0.2) is 0 Å². The van der Waals surface area contributed by atoms with Gasteiger partial charge < -0.3 is 16.2 Å². The fraction of sp³-hybridized carbons (Fsp3) is 0.562. The summed E-state index contributed by atoms with van der Waals surface area (Å²) in [6, 6.07) is 10.9. The normalized spacial score (nSPS) is 26.7. The van der Waals surface area contributed by atoms with Gasteiger partial charge in [0.25, 0.3) is 0 Å². The molecule has 1 fully saturated rings.